The Morgan fingerprint density at radius 2 is 1.13 bits per heavy atom. The van der Waals surface area contributed by atoms with E-state index in [1.807, 2.05) is 0 Å². The molecule has 0 radical (unpaired) electrons. The van der Waals surface area contributed by atoms with Crippen molar-refractivity contribution < 1.29 is 4.74 Å². The number of rotatable bonds is 5. The van der Waals surface area contributed by atoms with Crippen LogP contribution in [0.4, 0.5) is 0 Å². The molecule has 1 nitrogen and oxygen atoms in total. The van der Waals surface area contributed by atoms with Crippen LogP contribution in [0.2, 0.25) is 0 Å². The largest absolute Gasteiger partial charge is 0.457 e. The van der Waals surface area contributed by atoms with Crippen LogP contribution < -0.4 is 4.74 Å². The molecule has 8 rings (SSSR count). The molecule has 0 N–H and O–H groups in total. The van der Waals surface area contributed by atoms with Gasteiger partial charge in [-0.05, 0) is 97.3 Å². The predicted molar refractivity (Wildman–Crippen MR) is 190 cm³/mol. The second-order valence-corrected chi connectivity index (χ2v) is 12.6. The zero-order valence-corrected chi connectivity index (χ0v) is 25.8. The van der Waals surface area contributed by atoms with Gasteiger partial charge in [0.05, 0.1) is 0 Å². The molecule has 7 aromatic carbocycles. The number of ether oxygens (including phenoxy) is 1. The van der Waals surface area contributed by atoms with E-state index in [1.54, 1.807) is 0 Å². The van der Waals surface area contributed by atoms with Gasteiger partial charge in [-0.15, -0.1) is 0 Å². The third-order valence-electron chi connectivity index (χ3n) is 9.46. The molecule has 1 heteroatoms. The van der Waals surface area contributed by atoms with Crippen LogP contribution in [0.3, 0.4) is 0 Å². The van der Waals surface area contributed by atoms with Gasteiger partial charge in [0.25, 0.3) is 0 Å². The molecule has 1 aliphatic carbocycles. The Labute approximate surface area is 265 Å². The first-order chi connectivity index (χ1) is 22.0. The molecule has 0 amide bonds. The molecular weight excluding hydrogens is 544 g/mol. The van der Waals surface area contributed by atoms with Crippen molar-refractivity contribution in [3.63, 3.8) is 0 Å². The summed E-state index contributed by atoms with van der Waals surface area (Å²) >= 11 is 0. The summed E-state index contributed by atoms with van der Waals surface area (Å²) < 4.78 is 6.85. The van der Waals surface area contributed by atoms with Crippen LogP contribution in [0, 0.1) is 6.92 Å². The van der Waals surface area contributed by atoms with Crippen molar-refractivity contribution in [2.24, 2.45) is 0 Å². The van der Waals surface area contributed by atoms with Crippen LogP contribution in [-0.4, -0.2) is 0 Å². The second-order valence-electron chi connectivity index (χ2n) is 12.6. The number of fused-ring (bicyclic) bond motifs is 4. The average molecular weight is 579 g/mol. The Hall–Kier alpha value is -5.40. The Morgan fingerprint density at radius 1 is 0.489 bits per heavy atom. The third kappa shape index (κ3) is 4.47. The number of aryl methyl sites for hydroxylation is 1. The summed E-state index contributed by atoms with van der Waals surface area (Å²) in [6.07, 6.45) is 0. The minimum absolute atomic E-state index is 0.164. The van der Waals surface area contributed by atoms with Crippen LogP contribution in [0.5, 0.6) is 11.5 Å². The molecule has 0 atom stereocenters. The molecule has 0 saturated heterocycles. The van der Waals surface area contributed by atoms with Gasteiger partial charge < -0.3 is 4.74 Å². The molecule has 0 aliphatic heterocycles. The number of hydrogen-bond donors (Lipinski definition) is 0. The minimum Gasteiger partial charge on any atom is -0.457 e. The van der Waals surface area contributed by atoms with Gasteiger partial charge >= 0.3 is 0 Å². The number of hydrogen-bond acceptors (Lipinski definition) is 1. The summed E-state index contributed by atoms with van der Waals surface area (Å²) in [5.74, 6) is 1.67. The molecule has 0 saturated carbocycles. The first-order valence-corrected chi connectivity index (χ1v) is 15.7. The van der Waals surface area contributed by atoms with Gasteiger partial charge in [-0.25, -0.2) is 0 Å². The molecule has 0 aromatic heterocycles. The van der Waals surface area contributed by atoms with E-state index < -0.39 is 0 Å². The lowest BCUT2D eigenvalue weighted by molar-refractivity contribution is 0.481. The maximum absolute atomic E-state index is 6.85. The molecule has 45 heavy (non-hydrogen) atoms. The second kappa shape index (κ2) is 10.6. The molecule has 0 heterocycles. The Balaban J connectivity index is 1.28. The van der Waals surface area contributed by atoms with Gasteiger partial charge in [0.1, 0.15) is 11.5 Å². The van der Waals surface area contributed by atoms with Gasteiger partial charge in [0.2, 0.25) is 0 Å². The number of allylic oxidation sites excluding steroid dienone is 1. The SMILES string of the molecule is Cc1ccccc1C1=C(c2ccccc2Oc2cccc(-c3cc4ccccc4c4ccccc34)c2)c2ccccc2C1(C)C. The van der Waals surface area contributed by atoms with Gasteiger partial charge in [-0.3, -0.25) is 0 Å². The van der Waals surface area contributed by atoms with Crippen LogP contribution in [0.15, 0.2) is 152 Å². The van der Waals surface area contributed by atoms with E-state index in [0.717, 1.165) is 22.6 Å². The highest BCUT2D eigenvalue weighted by molar-refractivity contribution is 6.14. The summed E-state index contributed by atoms with van der Waals surface area (Å²) in [4.78, 5) is 0. The van der Waals surface area contributed by atoms with Crippen molar-refractivity contribution in [1.82, 2.24) is 0 Å². The standard InChI is InChI=1S/C44H34O/c1-29-15-4-6-19-33(29)43-42(37-23-10-12-25-40(37)44(43,2)3)38-24-11-13-26-41(38)45-32-18-14-17-30(27-32)39-28-31-16-5-7-20-34(31)35-21-8-9-22-36(35)39/h4-28H,1-3H3. The fourth-order valence-corrected chi connectivity index (χ4v) is 7.34. The average Bonchev–Trinajstić information content (AvgIpc) is 3.31. The summed E-state index contributed by atoms with van der Waals surface area (Å²) in [7, 11) is 0. The molecule has 0 bridgehead atoms. The number of para-hydroxylation sites is 1. The van der Waals surface area contributed by atoms with Crippen LogP contribution >= 0.6 is 0 Å². The summed E-state index contributed by atoms with van der Waals surface area (Å²) in [5, 5.41) is 5.02. The lowest BCUT2D eigenvalue weighted by Crippen LogP contribution is -2.17. The summed E-state index contributed by atoms with van der Waals surface area (Å²) in [5.41, 5.74) is 11.1. The maximum Gasteiger partial charge on any atom is 0.135 e. The van der Waals surface area contributed by atoms with E-state index in [0.29, 0.717) is 0 Å². The maximum atomic E-state index is 6.85. The molecule has 216 valence electrons. The van der Waals surface area contributed by atoms with E-state index >= 15 is 0 Å². The molecule has 0 spiro atoms. The lowest BCUT2D eigenvalue weighted by atomic mass is 9.77. The van der Waals surface area contributed by atoms with E-state index in [2.05, 4.69) is 172 Å². The van der Waals surface area contributed by atoms with Gasteiger partial charge in [0.15, 0.2) is 0 Å². The van der Waals surface area contributed by atoms with E-state index in [4.69, 9.17) is 4.74 Å². The Morgan fingerprint density at radius 3 is 1.96 bits per heavy atom. The van der Waals surface area contributed by atoms with E-state index in [9.17, 15) is 0 Å². The lowest BCUT2D eigenvalue weighted by Gasteiger charge is -2.26. The smallest absolute Gasteiger partial charge is 0.135 e. The van der Waals surface area contributed by atoms with Crippen LogP contribution in [-0.2, 0) is 5.41 Å². The van der Waals surface area contributed by atoms with E-state index in [-0.39, 0.29) is 5.41 Å². The van der Waals surface area contributed by atoms with Gasteiger partial charge in [0, 0.05) is 11.0 Å². The highest BCUT2D eigenvalue weighted by Gasteiger charge is 2.39. The molecular formula is C44H34O. The highest BCUT2D eigenvalue weighted by atomic mass is 16.5. The van der Waals surface area contributed by atoms with Gasteiger partial charge in [-0.2, -0.15) is 0 Å². The Kier molecular flexibility index (Phi) is 6.43. The first-order valence-electron chi connectivity index (χ1n) is 15.7. The quantitative estimate of drug-likeness (QED) is 0.185. The van der Waals surface area contributed by atoms with Crippen molar-refractivity contribution in [2.45, 2.75) is 26.2 Å². The zero-order chi connectivity index (χ0) is 30.5. The van der Waals surface area contributed by atoms with Crippen molar-refractivity contribution in [2.75, 3.05) is 0 Å². The topological polar surface area (TPSA) is 9.23 Å². The third-order valence-corrected chi connectivity index (χ3v) is 9.46. The van der Waals surface area contributed by atoms with Crippen molar-refractivity contribution >= 4 is 32.7 Å². The molecule has 7 aromatic rings. The van der Waals surface area contributed by atoms with Crippen molar-refractivity contribution in [3.8, 4) is 22.6 Å². The first kappa shape index (κ1) is 27.2. The molecule has 0 unspecified atom stereocenters. The van der Waals surface area contributed by atoms with Gasteiger partial charge in [-0.1, -0.05) is 141 Å². The number of benzene rings is 7. The predicted octanol–water partition coefficient (Wildman–Crippen LogP) is 12.0. The normalized spacial score (nSPS) is 13.8. The van der Waals surface area contributed by atoms with Crippen molar-refractivity contribution in [3.05, 3.63) is 179 Å². The highest BCUT2D eigenvalue weighted by Crippen LogP contribution is 2.55. The van der Waals surface area contributed by atoms with Crippen molar-refractivity contribution in [1.29, 1.82) is 0 Å². The van der Waals surface area contributed by atoms with E-state index in [1.165, 1.54) is 60.5 Å². The minimum atomic E-state index is -0.164. The zero-order valence-electron chi connectivity index (χ0n) is 25.8. The fraction of sp³-hybridized carbons (Fsp3) is 0.0909. The monoisotopic (exact) mass is 578 g/mol. The van der Waals surface area contributed by atoms with Crippen LogP contribution in [0.1, 0.15) is 41.7 Å². The summed E-state index contributed by atoms with van der Waals surface area (Å²) in [6.45, 7) is 6.91. The molecule has 1 aliphatic rings. The fourth-order valence-electron chi connectivity index (χ4n) is 7.34. The molecule has 0 fully saturated rings. The Bertz CT molecular complexity index is 2280. The van der Waals surface area contributed by atoms with Crippen LogP contribution in [0.25, 0.3) is 43.8 Å². The summed E-state index contributed by atoms with van der Waals surface area (Å²) in [6, 6.07) is 54.2.